The molecule has 0 bridgehead atoms. The SMILES string of the molecule is COCCN1C(=O)C(=Cc2c(Cl)cccc2Cl)C(C(=O)OC)=C1C. The number of rotatable bonds is 5. The Bertz CT molecular complexity index is 720. The molecule has 128 valence electrons. The lowest BCUT2D eigenvalue weighted by molar-refractivity contribution is -0.136. The number of benzene rings is 1. The van der Waals surface area contributed by atoms with Gasteiger partial charge in [0.15, 0.2) is 0 Å². The van der Waals surface area contributed by atoms with E-state index in [1.54, 1.807) is 32.2 Å². The topological polar surface area (TPSA) is 55.8 Å². The maximum absolute atomic E-state index is 12.7. The summed E-state index contributed by atoms with van der Waals surface area (Å²) in [5, 5.41) is 0.778. The van der Waals surface area contributed by atoms with Gasteiger partial charge in [0.2, 0.25) is 0 Å². The number of allylic oxidation sites excluding steroid dienone is 1. The fourth-order valence-electron chi connectivity index (χ4n) is 2.47. The van der Waals surface area contributed by atoms with Crippen molar-refractivity contribution in [3.05, 3.63) is 50.7 Å². The minimum absolute atomic E-state index is 0.199. The molecule has 1 amide bonds. The maximum atomic E-state index is 12.7. The Kier molecular flexibility index (Phi) is 6.04. The predicted octanol–water partition coefficient (Wildman–Crippen LogP) is 3.31. The molecule has 0 N–H and O–H groups in total. The molecule has 0 aliphatic carbocycles. The Hall–Kier alpha value is -1.82. The quantitative estimate of drug-likeness (QED) is 0.590. The first-order valence-electron chi connectivity index (χ1n) is 7.18. The summed E-state index contributed by atoms with van der Waals surface area (Å²) in [6.45, 7) is 2.36. The van der Waals surface area contributed by atoms with E-state index in [0.29, 0.717) is 34.5 Å². The number of esters is 1. The van der Waals surface area contributed by atoms with E-state index < -0.39 is 5.97 Å². The average molecular weight is 370 g/mol. The molecule has 1 aliphatic heterocycles. The van der Waals surface area contributed by atoms with Crippen LogP contribution in [0.2, 0.25) is 10.0 Å². The number of hydrogen-bond acceptors (Lipinski definition) is 4. The van der Waals surface area contributed by atoms with Crippen molar-refractivity contribution in [1.29, 1.82) is 0 Å². The van der Waals surface area contributed by atoms with Crippen LogP contribution in [0.3, 0.4) is 0 Å². The highest BCUT2D eigenvalue weighted by Gasteiger charge is 2.36. The summed E-state index contributed by atoms with van der Waals surface area (Å²) in [7, 11) is 2.81. The lowest BCUT2D eigenvalue weighted by atomic mass is 10.0. The molecule has 0 spiro atoms. The standard InChI is InChI=1S/C17H17Cl2NO4/c1-10-15(17(22)24-3)12(16(21)20(10)7-8-23-2)9-11-13(18)5-4-6-14(11)19/h4-6,9H,7-8H2,1-3H3. The summed E-state index contributed by atoms with van der Waals surface area (Å²) in [4.78, 5) is 26.4. The first-order valence-corrected chi connectivity index (χ1v) is 7.94. The van der Waals surface area contributed by atoms with Crippen LogP contribution in [0.5, 0.6) is 0 Å². The molecule has 1 aromatic carbocycles. The number of nitrogens with zero attached hydrogens (tertiary/aromatic N) is 1. The van der Waals surface area contributed by atoms with Gasteiger partial charge in [-0.1, -0.05) is 29.3 Å². The van der Waals surface area contributed by atoms with E-state index in [2.05, 4.69) is 0 Å². The number of carbonyl (C=O) groups excluding carboxylic acids is 2. The van der Waals surface area contributed by atoms with Crippen molar-refractivity contribution in [2.75, 3.05) is 27.4 Å². The Labute approximate surface area is 150 Å². The van der Waals surface area contributed by atoms with Crippen molar-refractivity contribution in [3.8, 4) is 0 Å². The molecule has 0 fully saturated rings. The summed E-state index contributed by atoms with van der Waals surface area (Å²) < 4.78 is 9.84. The van der Waals surface area contributed by atoms with E-state index in [1.807, 2.05) is 0 Å². The summed E-state index contributed by atoms with van der Waals surface area (Å²) in [6, 6.07) is 5.03. The van der Waals surface area contributed by atoms with Gasteiger partial charge in [0, 0.05) is 35.0 Å². The Morgan fingerprint density at radius 3 is 2.42 bits per heavy atom. The van der Waals surface area contributed by atoms with Gasteiger partial charge in [0.05, 0.1) is 24.9 Å². The number of methoxy groups -OCH3 is 2. The zero-order chi connectivity index (χ0) is 17.9. The minimum Gasteiger partial charge on any atom is -0.465 e. The number of hydrogen-bond donors (Lipinski definition) is 0. The van der Waals surface area contributed by atoms with Crippen LogP contribution in [0, 0.1) is 0 Å². The van der Waals surface area contributed by atoms with Crippen LogP contribution in [-0.2, 0) is 19.1 Å². The van der Waals surface area contributed by atoms with E-state index in [4.69, 9.17) is 32.7 Å². The Balaban J connectivity index is 2.56. The van der Waals surface area contributed by atoms with E-state index in [-0.39, 0.29) is 17.1 Å². The highest BCUT2D eigenvalue weighted by atomic mass is 35.5. The van der Waals surface area contributed by atoms with Crippen LogP contribution in [0.25, 0.3) is 6.08 Å². The van der Waals surface area contributed by atoms with Gasteiger partial charge in [-0.05, 0) is 25.1 Å². The molecule has 1 heterocycles. The monoisotopic (exact) mass is 369 g/mol. The molecule has 2 rings (SSSR count). The number of ether oxygens (including phenoxy) is 2. The molecule has 5 nitrogen and oxygen atoms in total. The lowest BCUT2D eigenvalue weighted by Crippen LogP contribution is -2.28. The van der Waals surface area contributed by atoms with Crippen LogP contribution < -0.4 is 0 Å². The third-order valence-electron chi connectivity index (χ3n) is 3.71. The second-order valence-electron chi connectivity index (χ2n) is 5.09. The van der Waals surface area contributed by atoms with Gasteiger partial charge in [-0.25, -0.2) is 4.79 Å². The van der Waals surface area contributed by atoms with Crippen LogP contribution in [0.4, 0.5) is 0 Å². The van der Waals surface area contributed by atoms with Gasteiger partial charge in [0.25, 0.3) is 5.91 Å². The summed E-state index contributed by atoms with van der Waals surface area (Å²) >= 11 is 12.3. The van der Waals surface area contributed by atoms with Crippen molar-refractivity contribution in [2.45, 2.75) is 6.92 Å². The third-order valence-corrected chi connectivity index (χ3v) is 4.37. The van der Waals surface area contributed by atoms with Gasteiger partial charge in [-0.3, -0.25) is 4.79 Å². The van der Waals surface area contributed by atoms with Gasteiger partial charge in [0.1, 0.15) is 0 Å². The summed E-state index contributed by atoms with van der Waals surface area (Å²) in [6.07, 6.45) is 1.52. The molecular weight excluding hydrogens is 353 g/mol. The number of carbonyl (C=O) groups is 2. The van der Waals surface area contributed by atoms with E-state index >= 15 is 0 Å². The van der Waals surface area contributed by atoms with Gasteiger partial charge < -0.3 is 14.4 Å². The molecule has 24 heavy (non-hydrogen) atoms. The van der Waals surface area contributed by atoms with Crippen molar-refractivity contribution in [3.63, 3.8) is 0 Å². The second-order valence-corrected chi connectivity index (χ2v) is 5.91. The Morgan fingerprint density at radius 1 is 1.25 bits per heavy atom. The van der Waals surface area contributed by atoms with E-state index in [1.165, 1.54) is 18.1 Å². The smallest absolute Gasteiger partial charge is 0.340 e. The van der Waals surface area contributed by atoms with E-state index in [0.717, 1.165) is 0 Å². The third kappa shape index (κ3) is 3.48. The van der Waals surface area contributed by atoms with Crippen molar-refractivity contribution < 1.29 is 19.1 Å². The summed E-state index contributed by atoms with van der Waals surface area (Å²) in [5.74, 6) is -0.906. The molecule has 0 aromatic heterocycles. The lowest BCUT2D eigenvalue weighted by Gasteiger charge is -2.16. The fourth-order valence-corrected chi connectivity index (χ4v) is 2.98. The number of amides is 1. The molecule has 0 unspecified atom stereocenters. The fraction of sp³-hybridized carbons (Fsp3) is 0.294. The maximum Gasteiger partial charge on any atom is 0.340 e. The largest absolute Gasteiger partial charge is 0.465 e. The van der Waals surface area contributed by atoms with Crippen LogP contribution in [-0.4, -0.2) is 44.1 Å². The highest BCUT2D eigenvalue weighted by Crippen LogP contribution is 2.34. The number of halogens is 2. The normalized spacial score (nSPS) is 16.3. The average Bonchev–Trinajstić information content (AvgIpc) is 2.79. The van der Waals surface area contributed by atoms with Crippen LogP contribution in [0.1, 0.15) is 12.5 Å². The molecule has 0 saturated carbocycles. The predicted molar refractivity (Wildman–Crippen MR) is 92.7 cm³/mol. The molecule has 1 aliphatic rings. The van der Waals surface area contributed by atoms with Crippen molar-refractivity contribution in [1.82, 2.24) is 4.90 Å². The highest BCUT2D eigenvalue weighted by molar-refractivity contribution is 6.37. The first-order chi connectivity index (χ1) is 11.4. The zero-order valence-electron chi connectivity index (χ0n) is 13.6. The van der Waals surface area contributed by atoms with Crippen molar-refractivity contribution in [2.24, 2.45) is 0 Å². The summed E-state index contributed by atoms with van der Waals surface area (Å²) in [5.41, 5.74) is 1.39. The van der Waals surface area contributed by atoms with Gasteiger partial charge in [-0.15, -0.1) is 0 Å². The van der Waals surface area contributed by atoms with Crippen LogP contribution >= 0.6 is 23.2 Å². The van der Waals surface area contributed by atoms with Gasteiger partial charge >= 0.3 is 5.97 Å². The van der Waals surface area contributed by atoms with Crippen LogP contribution in [0.15, 0.2) is 35.0 Å². The van der Waals surface area contributed by atoms with Gasteiger partial charge in [-0.2, -0.15) is 0 Å². The van der Waals surface area contributed by atoms with Crippen molar-refractivity contribution >= 4 is 41.2 Å². The molecule has 7 heteroatoms. The molecule has 0 saturated heterocycles. The second kappa shape index (κ2) is 7.83. The minimum atomic E-state index is -0.588. The molecular formula is C17H17Cl2NO4. The zero-order valence-corrected chi connectivity index (χ0v) is 15.1. The van der Waals surface area contributed by atoms with E-state index in [9.17, 15) is 9.59 Å². The molecule has 0 atom stereocenters. The molecule has 1 aromatic rings. The first kappa shape index (κ1) is 18.5. The molecule has 0 radical (unpaired) electrons. The Morgan fingerprint density at radius 2 is 1.88 bits per heavy atom.